The Balaban J connectivity index is 2.74. The second-order valence-electron chi connectivity index (χ2n) is 5.25. The van der Waals surface area contributed by atoms with Crippen LogP contribution in [-0.2, 0) is 20.8 Å². The molecule has 5 N–H and O–H groups in total. The van der Waals surface area contributed by atoms with E-state index in [9.17, 15) is 14.4 Å². The van der Waals surface area contributed by atoms with Crippen LogP contribution in [0.2, 0.25) is 0 Å². The molecule has 0 aliphatic rings. The zero-order valence-electron chi connectivity index (χ0n) is 13.5. The molecule has 2 amide bonds. The van der Waals surface area contributed by atoms with E-state index in [2.05, 4.69) is 10.6 Å². The lowest BCUT2D eigenvalue weighted by Gasteiger charge is -2.20. The van der Waals surface area contributed by atoms with Crippen molar-refractivity contribution in [2.24, 2.45) is 5.73 Å². The van der Waals surface area contributed by atoms with E-state index in [1.165, 1.54) is 0 Å². The van der Waals surface area contributed by atoms with E-state index in [0.29, 0.717) is 6.42 Å². The standard InChI is InChI=1S/C16H23N3O4S/c1-24-8-7-12(17)15(22)19-13(16(23)18-10-14(20)21)9-11-5-3-2-4-6-11/h2-6,12-13H,7-10,17H2,1H3,(H,18,23)(H,19,22)(H,20,21)/t12-,13+/m0/s1. The zero-order valence-corrected chi connectivity index (χ0v) is 14.3. The van der Waals surface area contributed by atoms with Crippen molar-refractivity contribution >= 4 is 29.5 Å². The number of hydrogen-bond acceptors (Lipinski definition) is 5. The van der Waals surface area contributed by atoms with Gasteiger partial charge in [0.05, 0.1) is 6.04 Å². The number of thioether (sulfide) groups is 1. The summed E-state index contributed by atoms with van der Waals surface area (Å²) in [7, 11) is 0. The number of benzene rings is 1. The molecule has 1 rings (SSSR count). The molecule has 0 aliphatic carbocycles. The summed E-state index contributed by atoms with van der Waals surface area (Å²) in [6.07, 6.45) is 2.68. The zero-order chi connectivity index (χ0) is 17.9. The molecule has 0 saturated heterocycles. The monoisotopic (exact) mass is 353 g/mol. The third kappa shape index (κ3) is 7.47. The molecule has 7 nitrogen and oxygen atoms in total. The molecule has 1 aromatic rings. The number of amides is 2. The third-order valence-electron chi connectivity index (χ3n) is 3.30. The predicted molar refractivity (Wildman–Crippen MR) is 93.7 cm³/mol. The van der Waals surface area contributed by atoms with Crippen molar-refractivity contribution in [3.05, 3.63) is 35.9 Å². The highest BCUT2D eigenvalue weighted by atomic mass is 32.2. The maximum atomic E-state index is 12.2. The first-order valence-corrected chi connectivity index (χ1v) is 8.91. The fraction of sp³-hybridized carbons (Fsp3) is 0.438. The van der Waals surface area contributed by atoms with E-state index in [1.54, 1.807) is 11.8 Å². The maximum absolute atomic E-state index is 12.2. The summed E-state index contributed by atoms with van der Waals surface area (Å²) in [6, 6.07) is 7.58. The molecule has 0 bridgehead atoms. The number of carbonyl (C=O) groups excluding carboxylic acids is 2. The first kappa shape index (κ1) is 20.0. The summed E-state index contributed by atoms with van der Waals surface area (Å²) in [6.45, 7) is -0.501. The minimum absolute atomic E-state index is 0.257. The minimum atomic E-state index is -1.15. The summed E-state index contributed by atoms with van der Waals surface area (Å²) in [5, 5.41) is 13.6. The van der Waals surface area contributed by atoms with Crippen molar-refractivity contribution in [1.82, 2.24) is 10.6 Å². The van der Waals surface area contributed by atoms with Gasteiger partial charge >= 0.3 is 5.97 Å². The molecule has 0 radical (unpaired) electrons. The van der Waals surface area contributed by atoms with Crippen LogP contribution in [0.15, 0.2) is 30.3 Å². The van der Waals surface area contributed by atoms with Gasteiger partial charge in [-0.3, -0.25) is 14.4 Å². The van der Waals surface area contributed by atoms with E-state index < -0.39 is 36.4 Å². The van der Waals surface area contributed by atoms with Crippen molar-refractivity contribution in [1.29, 1.82) is 0 Å². The van der Waals surface area contributed by atoms with Gasteiger partial charge in [0.15, 0.2) is 0 Å². The average molecular weight is 353 g/mol. The van der Waals surface area contributed by atoms with Crippen LogP contribution in [0.4, 0.5) is 0 Å². The smallest absolute Gasteiger partial charge is 0.322 e. The summed E-state index contributed by atoms with van der Waals surface area (Å²) < 4.78 is 0. The van der Waals surface area contributed by atoms with Crippen molar-refractivity contribution in [2.75, 3.05) is 18.6 Å². The van der Waals surface area contributed by atoms with Gasteiger partial charge in [0.1, 0.15) is 12.6 Å². The van der Waals surface area contributed by atoms with E-state index in [-0.39, 0.29) is 6.42 Å². The number of carboxylic acid groups (broad SMARTS) is 1. The summed E-state index contributed by atoms with van der Waals surface area (Å²) in [5.41, 5.74) is 6.67. The number of rotatable bonds is 10. The summed E-state index contributed by atoms with van der Waals surface area (Å²) >= 11 is 1.58. The largest absolute Gasteiger partial charge is 0.480 e. The van der Waals surface area contributed by atoms with Gasteiger partial charge in [0, 0.05) is 6.42 Å². The highest BCUT2D eigenvalue weighted by Gasteiger charge is 2.24. The van der Waals surface area contributed by atoms with Crippen LogP contribution < -0.4 is 16.4 Å². The Bertz CT molecular complexity index is 554. The predicted octanol–water partition coefficient (Wildman–Crippen LogP) is -0.00490. The number of hydrogen-bond donors (Lipinski definition) is 4. The van der Waals surface area contributed by atoms with Crippen LogP contribution >= 0.6 is 11.8 Å². The Morgan fingerprint density at radius 2 is 1.88 bits per heavy atom. The van der Waals surface area contributed by atoms with E-state index >= 15 is 0 Å². The molecule has 132 valence electrons. The molecule has 8 heteroatoms. The quantitative estimate of drug-likeness (QED) is 0.470. The molecule has 0 heterocycles. The molecule has 0 fully saturated rings. The fourth-order valence-corrected chi connectivity index (χ4v) is 2.49. The number of carbonyl (C=O) groups is 3. The van der Waals surface area contributed by atoms with Crippen LogP contribution in [0.5, 0.6) is 0 Å². The highest BCUT2D eigenvalue weighted by Crippen LogP contribution is 2.05. The Morgan fingerprint density at radius 3 is 2.46 bits per heavy atom. The second kappa shape index (κ2) is 10.7. The molecule has 0 saturated carbocycles. The summed E-state index contributed by atoms with van der Waals surface area (Å²) in [5.74, 6) is -1.38. The molecule has 1 aromatic carbocycles. The molecule has 24 heavy (non-hydrogen) atoms. The van der Waals surface area contributed by atoms with E-state index in [1.807, 2.05) is 36.6 Å². The second-order valence-corrected chi connectivity index (χ2v) is 6.24. The first-order chi connectivity index (χ1) is 11.4. The van der Waals surface area contributed by atoms with Gasteiger partial charge in [-0.05, 0) is 24.0 Å². The molecular weight excluding hydrogens is 330 g/mol. The number of nitrogens with two attached hydrogens (primary N) is 1. The Morgan fingerprint density at radius 1 is 1.21 bits per heavy atom. The third-order valence-corrected chi connectivity index (χ3v) is 3.94. The first-order valence-electron chi connectivity index (χ1n) is 7.52. The van der Waals surface area contributed by atoms with Gasteiger partial charge in [-0.1, -0.05) is 30.3 Å². The van der Waals surface area contributed by atoms with Crippen LogP contribution in [0.1, 0.15) is 12.0 Å². The van der Waals surface area contributed by atoms with E-state index in [0.717, 1.165) is 11.3 Å². The van der Waals surface area contributed by atoms with Gasteiger partial charge in [0.25, 0.3) is 0 Å². The van der Waals surface area contributed by atoms with Gasteiger partial charge < -0.3 is 21.5 Å². The normalized spacial score (nSPS) is 12.9. The average Bonchev–Trinajstić information content (AvgIpc) is 2.57. The lowest BCUT2D eigenvalue weighted by molar-refractivity contribution is -0.138. The summed E-state index contributed by atoms with van der Waals surface area (Å²) in [4.78, 5) is 34.9. The minimum Gasteiger partial charge on any atom is -0.480 e. The number of carboxylic acids is 1. The van der Waals surface area contributed by atoms with Crippen LogP contribution in [0, 0.1) is 0 Å². The van der Waals surface area contributed by atoms with Crippen LogP contribution in [0.25, 0.3) is 0 Å². The highest BCUT2D eigenvalue weighted by molar-refractivity contribution is 7.98. The van der Waals surface area contributed by atoms with Gasteiger partial charge in [0.2, 0.25) is 11.8 Å². The molecule has 2 atom stereocenters. The molecule has 0 unspecified atom stereocenters. The van der Waals surface area contributed by atoms with Crippen LogP contribution in [0.3, 0.4) is 0 Å². The lowest BCUT2D eigenvalue weighted by atomic mass is 10.0. The van der Waals surface area contributed by atoms with Crippen LogP contribution in [-0.4, -0.2) is 53.5 Å². The Labute approximate surface area is 145 Å². The van der Waals surface area contributed by atoms with Crippen molar-refractivity contribution in [2.45, 2.75) is 24.9 Å². The van der Waals surface area contributed by atoms with Gasteiger partial charge in [-0.15, -0.1) is 0 Å². The van der Waals surface area contributed by atoms with Crippen molar-refractivity contribution in [3.63, 3.8) is 0 Å². The molecule has 0 aliphatic heterocycles. The number of nitrogens with one attached hydrogen (secondary N) is 2. The number of aliphatic carboxylic acids is 1. The molecular formula is C16H23N3O4S. The molecule has 0 aromatic heterocycles. The van der Waals surface area contributed by atoms with Crippen molar-refractivity contribution < 1.29 is 19.5 Å². The SMILES string of the molecule is CSCC[C@H](N)C(=O)N[C@H](Cc1ccccc1)C(=O)NCC(=O)O. The topological polar surface area (TPSA) is 122 Å². The fourth-order valence-electron chi connectivity index (χ4n) is 2.00. The maximum Gasteiger partial charge on any atom is 0.322 e. The Hall–Kier alpha value is -2.06. The molecule has 0 spiro atoms. The van der Waals surface area contributed by atoms with Gasteiger partial charge in [-0.25, -0.2) is 0 Å². The van der Waals surface area contributed by atoms with Gasteiger partial charge in [-0.2, -0.15) is 11.8 Å². The van der Waals surface area contributed by atoms with E-state index in [4.69, 9.17) is 10.8 Å². The van der Waals surface area contributed by atoms with Crippen molar-refractivity contribution in [3.8, 4) is 0 Å². The lowest BCUT2D eigenvalue weighted by Crippen LogP contribution is -2.53. The Kier molecular flexibility index (Phi) is 8.88.